The highest BCUT2D eigenvalue weighted by Crippen LogP contribution is 2.21. The monoisotopic (exact) mass is 189 g/mol. The van der Waals surface area contributed by atoms with E-state index in [1.807, 2.05) is 44.2 Å². The minimum absolute atomic E-state index is 0.821. The Morgan fingerprint density at radius 2 is 2.07 bits per heavy atom. The second-order valence-electron chi connectivity index (χ2n) is 3.28. The maximum Gasteiger partial charge on any atom is 0.213 e. The van der Waals surface area contributed by atoms with Crippen LogP contribution in [0.3, 0.4) is 0 Å². The Labute approximate surface area is 84.9 Å². The molecule has 0 unspecified atom stereocenters. The zero-order chi connectivity index (χ0) is 10.6. The Balaban J connectivity index is 3.21. The summed E-state index contributed by atoms with van der Waals surface area (Å²) in [6.45, 7) is 3.98. The topological polar surface area (TPSA) is 20.3 Å². The molecule has 2 nitrogen and oxygen atoms in total. The first kappa shape index (κ1) is 10.5. The maximum absolute atomic E-state index is 10.7. The Hall–Kier alpha value is -1.57. The summed E-state index contributed by atoms with van der Waals surface area (Å²) in [4.78, 5) is 12.3. The second kappa shape index (κ2) is 4.61. The molecule has 0 spiro atoms. The first-order chi connectivity index (χ1) is 6.69. The van der Waals surface area contributed by atoms with Crippen molar-refractivity contribution in [1.82, 2.24) is 0 Å². The molecule has 0 heterocycles. The molecule has 1 rings (SSSR count). The average molecular weight is 189 g/mol. The lowest BCUT2D eigenvalue weighted by Crippen LogP contribution is -2.14. The van der Waals surface area contributed by atoms with Crippen molar-refractivity contribution >= 4 is 18.2 Å². The van der Waals surface area contributed by atoms with Crippen molar-refractivity contribution in [1.29, 1.82) is 0 Å². The summed E-state index contributed by atoms with van der Waals surface area (Å²) in [5, 5.41) is 0. The second-order valence-corrected chi connectivity index (χ2v) is 3.28. The quantitative estimate of drug-likeness (QED) is 0.669. The third-order valence-corrected chi connectivity index (χ3v) is 2.07. The highest BCUT2D eigenvalue weighted by atomic mass is 16.1. The molecule has 0 aliphatic carbocycles. The number of amides is 1. The largest absolute Gasteiger partial charge is 0.317 e. The number of carbonyl (C=O) groups excluding carboxylic acids is 1. The van der Waals surface area contributed by atoms with Gasteiger partial charge in [0, 0.05) is 7.05 Å². The lowest BCUT2D eigenvalue weighted by molar-refractivity contribution is -0.107. The van der Waals surface area contributed by atoms with Gasteiger partial charge in [0.25, 0.3) is 0 Å². The summed E-state index contributed by atoms with van der Waals surface area (Å²) in [7, 11) is 1.76. The lowest BCUT2D eigenvalue weighted by Gasteiger charge is -2.14. The van der Waals surface area contributed by atoms with E-state index in [-0.39, 0.29) is 0 Å². The van der Waals surface area contributed by atoms with Gasteiger partial charge in [-0.1, -0.05) is 24.3 Å². The van der Waals surface area contributed by atoms with Crippen molar-refractivity contribution in [3.63, 3.8) is 0 Å². The van der Waals surface area contributed by atoms with Gasteiger partial charge >= 0.3 is 0 Å². The Kier molecular flexibility index (Phi) is 3.46. The lowest BCUT2D eigenvalue weighted by atomic mass is 10.1. The first-order valence-electron chi connectivity index (χ1n) is 4.60. The van der Waals surface area contributed by atoms with Gasteiger partial charge in [-0.2, -0.15) is 0 Å². The van der Waals surface area contributed by atoms with E-state index in [1.165, 1.54) is 0 Å². The number of anilines is 1. The summed E-state index contributed by atoms with van der Waals surface area (Å²) >= 11 is 0. The highest BCUT2D eigenvalue weighted by Gasteiger charge is 2.03. The molecule has 0 radical (unpaired) electrons. The fourth-order valence-corrected chi connectivity index (χ4v) is 1.34. The van der Waals surface area contributed by atoms with Crippen molar-refractivity contribution < 1.29 is 4.79 Å². The van der Waals surface area contributed by atoms with Crippen LogP contribution in [-0.2, 0) is 4.79 Å². The number of allylic oxidation sites excluding steroid dienone is 1. The summed E-state index contributed by atoms with van der Waals surface area (Å²) in [5.41, 5.74) is 3.16. The molecule has 0 saturated heterocycles. The molecule has 0 aliphatic rings. The van der Waals surface area contributed by atoms with Gasteiger partial charge in [-0.05, 0) is 31.0 Å². The van der Waals surface area contributed by atoms with Crippen LogP contribution in [0.2, 0.25) is 0 Å². The number of rotatable bonds is 3. The zero-order valence-electron chi connectivity index (χ0n) is 8.82. The smallest absolute Gasteiger partial charge is 0.213 e. The van der Waals surface area contributed by atoms with Crippen LogP contribution >= 0.6 is 0 Å². The van der Waals surface area contributed by atoms with Gasteiger partial charge in [0.15, 0.2) is 0 Å². The van der Waals surface area contributed by atoms with E-state index in [0.717, 1.165) is 23.2 Å². The third-order valence-electron chi connectivity index (χ3n) is 2.07. The fourth-order valence-electron chi connectivity index (χ4n) is 1.34. The normalized spacial score (nSPS) is 10.5. The number of carbonyl (C=O) groups is 1. The number of nitrogens with zero attached hydrogens (tertiary/aromatic N) is 1. The van der Waals surface area contributed by atoms with Crippen molar-refractivity contribution in [3.8, 4) is 0 Å². The minimum atomic E-state index is 0.821. The van der Waals surface area contributed by atoms with Gasteiger partial charge in [0.2, 0.25) is 6.41 Å². The van der Waals surface area contributed by atoms with E-state index in [4.69, 9.17) is 0 Å². The molecule has 0 aliphatic heterocycles. The molecular weight excluding hydrogens is 174 g/mol. The Bertz CT molecular complexity index is 355. The molecule has 14 heavy (non-hydrogen) atoms. The summed E-state index contributed by atoms with van der Waals surface area (Å²) in [6.07, 6.45) is 4.78. The third kappa shape index (κ3) is 2.22. The zero-order valence-corrected chi connectivity index (χ0v) is 8.82. The fraction of sp³-hybridized carbons (Fsp3) is 0.250. The van der Waals surface area contributed by atoms with Gasteiger partial charge in [-0.15, -0.1) is 0 Å². The molecule has 0 aromatic heterocycles. The standard InChI is InChI=1S/C12H15NO/c1-4-5-11-7-6-10(2)8-12(11)13(3)9-14/h4-9H,1-3H3/b5-4-. The molecule has 1 aromatic carbocycles. The highest BCUT2D eigenvalue weighted by molar-refractivity contribution is 5.80. The van der Waals surface area contributed by atoms with Crippen LogP contribution in [0, 0.1) is 6.92 Å². The van der Waals surface area contributed by atoms with E-state index in [0.29, 0.717) is 0 Å². The summed E-state index contributed by atoms with van der Waals surface area (Å²) < 4.78 is 0. The molecule has 74 valence electrons. The molecule has 1 aromatic rings. The van der Waals surface area contributed by atoms with Crippen LogP contribution < -0.4 is 4.90 Å². The van der Waals surface area contributed by atoms with Crippen LogP contribution in [0.25, 0.3) is 6.08 Å². The van der Waals surface area contributed by atoms with E-state index in [9.17, 15) is 4.79 Å². The molecular formula is C12H15NO. The Morgan fingerprint density at radius 3 is 2.64 bits per heavy atom. The van der Waals surface area contributed by atoms with Gasteiger partial charge in [-0.3, -0.25) is 4.79 Å². The van der Waals surface area contributed by atoms with Gasteiger partial charge in [0.1, 0.15) is 0 Å². The SMILES string of the molecule is C/C=C\c1ccc(C)cc1N(C)C=O. The van der Waals surface area contributed by atoms with Crippen LogP contribution in [0.15, 0.2) is 24.3 Å². The predicted molar refractivity (Wildman–Crippen MR) is 60.4 cm³/mol. The Morgan fingerprint density at radius 1 is 1.36 bits per heavy atom. The molecule has 0 saturated carbocycles. The van der Waals surface area contributed by atoms with Gasteiger partial charge in [0.05, 0.1) is 5.69 Å². The van der Waals surface area contributed by atoms with Crippen molar-refractivity contribution in [2.75, 3.05) is 11.9 Å². The van der Waals surface area contributed by atoms with Crippen molar-refractivity contribution in [2.24, 2.45) is 0 Å². The molecule has 0 atom stereocenters. The molecule has 2 heteroatoms. The van der Waals surface area contributed by atoms with E-state index >= 15 is 0 Å². The maximum atomic E-state index is 10.7. The van der Waals surface area contributed by atoms with Crippen molar-refractivity contribution in [3.05, 3.63) is 35.4 Å². The van der Waals surface area contributed by atoms with E-state index < -0.39 is 0 Å². The predicted octanol–water partition coefficient (Wildman–Crippen LogP) is 2.62. The molecule has 0 bridgehead atoms. The van der Waals surface area contributed by atoms with Crippen LogP contribution in [0.5, 0.6) is 0 Å². The van der Waals surface area contributed by atoms with Crippen LogP contribution in [0.1, 0.15) is 18.1 Å². The minimum Gasteiger partial charge on any atom is -0.317 e. The van der Waals surface area contributed by atoms with E-state index in [2.05, 4.69) is 0 Å². The van der Waals surface area contributed by atoms with E-state index in [1.54, 1.807) is 11.9 Å². The average Bonchev–Trinajstić information content (AvgIpc) is 2.20. The summed E-state index contributed by atoms with van der Waals surface area (Å²) in [6, 6.07) is 6.06. The molecule has 1 amide bonds. The summed E-state index contributed by atoms with van der Waals surface area (Å²) in [5.74, 6) is 0. The first-order valence-corrected chi connectivity index (χ1v) is 4.60. The van der Waals surface area contributed by atoms with Crippen molar-refractivity contribution in [2.45, 2.75) is 13.8 Å². The molecule has 0 fully saturated rings. The van der Waals surface area contributed by atoms with Crippen LogP contribution in [-0.4, -0.2) is 13.5 Å². The number of hydrogen-bond acceptors (Lipinski definition) is 1. The van der Waals surface area contributed by atoms with Gasteiger partial charge < -0.3 is 4.90 Å². The number of benzene rings is 1. The number of aryl methyl sites for hydroxylation is 1. The molecule has 0 N–H and O–H groups in total. The number of hydrogen-bond donors (Lipinski definition) is 0. The van der Waals surface area contributed by atoms with Gasteiger partial charge in [-0.25, -0.2) is 0 Å². The van der Waals surface area contributed by atoms with Crippen LogP contribution in [0.4, 0.5) is 5.69 Å².